The highest BCUT2D eigenvalue weighted by atomic mass is 32.1. The molecule has 1 atom stereocenters. The Morgan fingerprint density at radius 1 is 1.62 bits per heavy atom. The van der Waals surface area contributed by atoms with Gasteiger partial charge in [0.25, 0.3) is 0 Å². The molecular formula is C11H19N3OS. The van der Waals surface area contributed by atoms with Crippen molar-refractivity contribution in [2.45, 2.75) is 32.9 Å². The summed E-state index contributed by atoms with van der Waals surface area (Å²) in [6.45, 7) is 4.66. The largest absolute Gasteiger partial charge is 0.338 e. The Morgan fingerprint density at radius 3 is 2.81 bits per heavy atom. The third kappa shape index (κ3) is 3.90. The van der Waals surface area contributed by atoms with Gasteiger partial charge in [-0.15, -0.1) is 11.3 Å². The number of nitrogens with two attached hydrogens (primary N) is 1. The predicted molar refractivity (Wildman–Crippen MR) is 66.0 cm³/mol. The van der Waals surface area contributed by atoms with Gasteiger partial charge in [0.1, 0.15) is 0 Å². The maximum absolute atomic E-state index is 11.9. The van der Waals surface area contributed by atoms with Crippen LogP contribution in [0.25, 0.3) is 0 Å². The number of hydrogen-bond acceptors (Lipinski definition) is 4. The zero-order valence-electron chi connectivity index (χ0n) is 10.0. The van der Waals surface area contributed by atoms with E-state index in [1.54, 1.807) is 17.5 Å². The SMILES string of the molecule is CC(C)C[C@@H](N)C(=O)N(C)Cc1cscn1. The molecule has 0 spiro atoms. The van der Waals surface area contributed by atoms with E-state index in [4.69, 9.17) is 5.73 Å². The molecule has 0 unspecified atom stereocenters. The van der Waals surface area contributed by atoms with E-state index in [2.05, 4.69) is 18.8 Å². The zero-order chi connectivity index (χ0) is 12.1. The van der Waals surface area contributed by atoms with Crippen molar-refractivity contribution in [3.05, 3.63) is 16.6 Å². The lowest BCUT2D eigenvalue weighted by Crippen LogP contribution is -2.42. The van der Waals surface area contributed by atoms with Gasteiger partial charge in [0, 0.05) is 12.4 Å². The second-order valence-corrected chi connectivity index (χ2v) is 5.13. The number of likely N-dealkylation sites (N-methyl/N-ethyl adjacent to an activating group) is 1. The van der Waals surface area contributed by atoms with Crippen LogP contribution >= 0.6 is 11.3 Å². The zero-order valence-corrected chi connectivity index (χ0v) is 10.8. The van der Waals surface area contributed by atoms with E-state index < -0.39 is 6.04 Å². The molecule has 0 aromatic carbocycles. The average molecular weight is 241 g/mol. The fraction of sp³-hybridized carbons (Fsp3) is 0.636. The molecule has 5 heteroatoms. The summed E-state index contributed by atoms with van der Waals surface area (Å²) in [6.07, 6.45) is 0.722. The molecule has 0 saturated heterocycles. The summed E-state index contributed by atoms with van der Waals surface area (Å²) in [5.74, 6) is 0.424. The molecule has 2 N–H and O–H groups in total. The average Bonchev–Trinajstić information content (AvgIpc) is 2.68. The Kier molecular flexibility index (Phi) is 4.89. The van der Waals surface area contributed by atoms with Crippen molar-refractivity contribution in [1.82, 2.24) is 9.88 Å². The lowest BCUT2D eigenvalue weighted by atomic mass is 10.0. The summed E-state index contributed by atoms with van der Waals surface area (Å²) >= 11 is 1.53. The maximum atomic E-state index is 11.9. The maximum Gasteiger partial charge on any atom is 0.239 e. The van der Waals surface area contributed by atoms with Crippen LogP contribution in [0.4, 0.5) is 0 Å². The lowest BCUT2D eigenvalue weighted by Gasteiger charge is -2.21. The van der Waals surface area contributed by atoms with Crippen LogP contribution in [0, 0.1) is 5.92 Å². The van der Waals surface area contributed by atoms with Gasteiger partial charge in [-0.3, -0.25) is 4.79 Å². The Labute approximate surface area is 100 Å². The van der Waals surface area contributed by atoms with Gasteiger partial charge >= 0.3 is 0 Å². The quantitative estimate of drug-likeness (QED) is 0.849. The summed E-state index contributed by atoms with van der Waals surface area (Å²) < 4.78 is 0. The van der Waals surface area contributed by atoms with Crippen molar-refractivity contribution in [1.29, 1.82) is 0 Å². The smallest absolute Gasteiger partial charge is 0.239 e. The van der Waals surface area contributed by atoms with E-state index in [1.807, 2.05) is 5.38 Å². The molecule has 1 rings (SSSR count). The highest BCUT2D eigenvalue weighted by Crippen LogP contribution is 2.08. The van der Waals surface area contributed by atoms with Crippen LogP contribution in [0.2, 0.25) is 0 Å². The second-order valence-electron chi connectivity index (χ2n) is 4.41. The molecule has 1 heterocycles. The number of amides is 1. The van der Waals surface area contributed by atoms with Crippen LogP contribution in [0.3, 0.4) is 0 Å². The summed E-state index contributed by atoms with van der Waals surface area (Å²) in [5.41, 5.74) is 8.52. The fourth-order valence-corrected chi connectivity index (χ4v) is 2.08. The van der Waals surface area contributed by atoms with Gasteiger partial charge in [-0.2, -0.15) is 0 Å². The van der Waals surface area contributed by atoms with Gasteiger partial charge in [-0.1, -0.05) is 13.8 Å². The monoisotopic (exact) mass is 241 g/mol. The number of aromatic nitrogens is 1. The summed E-state index contributed by atoms with van der Waals surface area (Å²) in [4.78, 5) is 17.7. The highest BCUT2D eigenvalue weighted by molar-refractivity contribution is 7.07. The third-order valence-electron chi connectivity index (χ3n) is 2.30. The van der Waals surface area contributed by atoms with Gasteiger partial charge in [0.15, 0.2) is 0 Å². The Morgan fingerprint density at radius 2 is 2.31 bits per heavy atom. The van der Waals surface area contributed by atoms with E-state index in [0.717, 1.165) is 12.1 Å². The molecule has 0 bridgehead atoms. The molecule has 0 saturated carbocycles. The number of carbonyl (C=O) groups excluding carboxylic acids is 1. The van der Waals surface area contributed by atoms with Crippen LogP contribution in [-0.2, 0) is 11.3 Å². The highest BCUT2D eigenvalue weighted by Gasteiger charge is 2.19. The number of nitrogens with zero attached hydrogens (tertiary/aromatic N) is 2. The van der Waals surface area contributed by atoms with Gasteiger partial charge in [-0.05, 0) is 12.3 Å². The minimum absolute atomic E-state index is 0.0123. The topological polar surface area (TPSA) is 59.2 Å². The standard InChI is InChI=1S/C11H19N3OS/c1-8(2)4-10(12)11(15)14(3)5-9-6-16-7-13-9/h6-8,10H,4-5,12H2,1-3H3/t10-/m1/s1. The van der Waals surface area contributed by atoms with Gasteiger partial charge in [-0.25, -0.2) is 4.98 Å². The van der Waals surface area contributed by atoms with Crippen LogP contribution in [0.5, 0.6) is 0 Å². The molecule has 1 amide bonds. The first kappa shape index (κ1) is 13.1. The van der Waals surface area contributed by atoms with E-state index in [-0.39, 0.29) is 5.91 Å². The van der Waals surface area contributed by atoms with E-state index >= 15 is 0 Å². The van der Waals surface area contributed by atoms with Gasteiger partial charge in [0.05, 0.1) is 23.8 Å². The molecule has 1 aromatic rings. The molecular weight excluding hydrogens is 222 g/mol. The number of thiazole rings is 1. The van der Waals surface area contributed by atoms with Crippen LogP contribution in [-0.4, -0.2) is 28.9 Å². The Bertz CT molecular complexity index is 324. The fourth-order valence-electron chi connectivity index (χ4n) is 1.53. The number of hydrogen-bond donors (Lipinski definition) is 1. The minimum Gasteiger partial charge on any atom is -0.338 e. The Balaban J connectivity index is 2.47. The first-order chi connectivity index (χ1) is 7.50. The van der Waals surface area contributed by atoms with E-state index in [0.29, 0.717) is 12.5 Å². The normalized spacial score (nSPS) is 12.8. The third-order valence-corrected chi connectivity index (χ3v) is 2.94. The van der Waals surface area contributed by atoms with E-state index in [1.165, 1.54) is 11.3 Å². The summed E-state index contributed by atoms with van der Waals surface area (Å²) in [5, 5.41) is 1.94. The van der Waals surface area contributed by atoms with Crippen LogP contribution in [0.15, 0.2) is 10.9 Å². The second kappa shape index (κ2) is 5.96. The van der Waals surface area contributed by atoms with Crippen LogP contribution < -0.4 is 5.73 Å². The minimum atomic E-state index is -0.399. The molecule has 0 fully saturated rings. The summed E-state index contributed by atoms with van der Waals surface area (Å²) in [6, 6.07) is -0.399. The first-order valence-electron chi connectivity index (χ1n) is 5.38. The molecule has 0 aliphatic carbocycles. The Hall–Kier alpha value is -0.940. The van der Waals surface area contributed by atoms with Crippen molar-refractivity contribution in [2.75, 3.05) is 7.05 Å². The van der Waals surface area contributed by atoms with Crippen molar-refractivity contribution in [3.8, 4) is 0 Å². The predicted octanol–water partition coefficient (Wildman–Crippen LogP) is 1.47. The lowest BCUT2D eigenvalue weighted by molar-refractivity contribution is -0.132. The van der Waals surface area contributed by atoms with Crippen molar-refractivity contribution < 1.29 is 4.79 Å². The van der Waals surface area contributed by atoms with Crippen molar-refractivity contribution >= 4 is 17.2 Å². The van der Waals surface area contributed by atoms with E-state index in [9.17, 15) is 4.79 Å². The van der Waals surface area contributed by atoms with Crippen LogP contribution in [0.1, 0.15) is 26.0 Å². The van der Waals surface area contributed by atoms with Crippen molar-refractivity contribution in [2.24, 2.45) is 11.7 Å². The number of carbonyl (C=O) groups is 1. The molecule has 0 aliphatic heterocycles. The molecule has 90 valence electrons. The molecule has 0 radical (unpaired) electrons. The molecule has 16 heavy (non-hydrogen) atoms. The summed E-state index contributed by atoms with van der Waals surface area (Å²) in [7, 11) is 1.77. The molecule has 4 nitrogen and oxygen atoms in total. The number of rotatable bonds is 5. The van der Waals surface area contributed by atoms with Crippen molar-refractivity contribution in [3.63, 3.8) is 0 Å². The van der Waals surface area contributed by atoms with Gasteiger partial charge in [0.2, 0.25) is 5.91 Å². The van der Waals surface area contributed by atoms with Gasteiger partial charge < -0.3 is 10.6 Å². The first-order valence-corrected chi connectivity index (χ1v) is 6.32. The molecule has 1 aromatic heterocycles. The molecule has 0 aliphatic rings.